The summed E-state index contributed by atoms with van der Waals surface area (Å²) in [5.74, 6) is 0. The largest absolute Gasteiger partial charge is 0.387 e. The van der Waals surface area contributed by atoms with Gasteiger partial charge in [-0.05, 0) is 36.1 Å². The minimum atomic E-state index is -3.63. The van der Waals surface area contributed by atoms with Crippen molar-refractivity contribution in [2.45, 2.75) is 24.0 Å². The molecule has 0 aliphatic rings. The number of nitrogens with zero attached hydrogens (tertiary/aromatic N) is 1. The third-order valence-corrected chi connectivity index (χ3v) is 5.84. The van der Waals surface area contributed by atoms with Gasteiger partial charge < -0.3 is 10.4 Å². The van der Waals surface area contributed by atoms with Gasteiger partial charge in [0, 0.05) is 36.9 Å². The number of benzene rings is 2. The number of halogens is 1. The fourth-order valence-electron chi connectivity index (χ4n) is 2.83. The number of aliphatic hydroxyl groups is 1. The lowest BCUT2D eigenvalue weighted by Gasteiger charge is -2.17. The first-order valence-corrected chi connectivity index (χ1v) is 10.2. The van der Waals surface area contributed by atoms with E-state index in [1.807, 2.05) is 30.3 Å². The van der Waals surface area contributed by atoms with E-state index in [-0.39, 0.29) is 23.3 Å². The fourth-order valence-corrected chi connectivity index (χ4v) is 4.11. The molecule has 150 valence electrons. The Hall–Kier alpha value is -2.03. The van der Waals surface area contributed by atoms with Crippen LogP contribution in [0.1, 0.15) is 18.6 Å². The molecule has 0 saturated heterocycles. The van der Waals surface area contributed by atoms with E-state index < -0.39 is 16.1 Å². The Morgan fingerprint density at radius 3 is 2.54 bits per heavy atom. The quantitative estimate of drug-likeness (QED) is 0.520. The van der Waals surface area contributed by atoms with Gasteiger partial charge in [-0.3, -0.25) is 4.98 Å². The highest BCUT2D eigenvalue weighted by molar-refractivity contribution is 7.89. The number of hydrogen-bond acceptors (Lipinski definition) is 5. The van der Waals surface area contributed by atoms with Crippen LogP contribution < -0.4 is 10.0 Å². The van der Waals surface area contributed by atoms with Crippen LogP contribution in [0.5, 0.6) is 0 Å². The van der Waals surface area contributed by atoms with E-state index in [0.717, 1.165) is 16.3 Å². The van der Waals surface area contributed by atoms with Crippen molar-refractivity contribution in [2.75, 3.05) is 13.1 Å². The molecule has 0 fully saturated rings. The number of nitrogens with one attached hydrogen (secondary N) is 2. The molecule has 3 rings (SSSR count). The van der Waals surface area contributed by atoms with Gasteiger partial charge in [0.1, 0.15) is 0 Å². The fraction of sp³-hybridized carbons (Fsp3) is 0.250. The van der Waals surface area contributed by atoms with Crippen LogP contribution in [0.25, 0.3) is 10.8 Å². The van der Waals surface area contributed by atoms with Gasteiger partial charge in [-0.1, -0.05) is 36.4 Å². The van der Waals surface area contributed by atoms with Crippen molar-refractivity contribution in [3.8, 4) is 0 Å². The molecule has 0 aliphatic heterocycles. The first kappa shape index (κ1) is 22.3. The molecule has 8 heteroatoms. The van der Waals surface area contributed by atoms with Crippen molar-refractivity contribution in [1.82, 2.24) is 15.0 Å². The van der Waals surface area contributed by atoms with E-state index >= 15 is 0 Å². The molecule has 28 heavy (non-hydrogen) atoms. The minimum Gasteiger partial charge on any atom is -0.387 e. The predicted molar refractivity (Wildman–Crippen MR) is 113 cm³/mol. The lowest BCUT2D eigenvalue weighted by molar-refractivity contribution is 0.174. The zero-order chi connectivity index (χ0) is 19.3. The van der Waals surface area contributed by atoms with Gasteiger partial charge in [0.15, 0.2) is 0 Å². The maximum absolute atomic E-state index is 12.6. The number of fused-ring (bicyclic) bond motifs is 1. The van der Waals surface area contributed by atoms with Crippen molar-refractivity contribution in [2.24, 2.45) is 0 Å². The van der Waals surface area contributed by atoms with Gasteiger partial charge in [0.05, 0.1) is 11.0 Å². The van der Waals surface area contributed by atoms with E-state index in [2.05, 4.69) is 15.0 Å². The van der Waals surface area contributed by atoms with Gasteiger partial charge in [0.25, 0.3) is 0 Å². The van der Waals surface area contributed by atoms with E-state index in [9.17, 15) is 13.5 Å². The van der Waals surface area contributed by atoms with Crippen LogP contribution in [0.4, 0.5) is 0 Å². The van der Waals surface area contributed by atoms with Gasteiger partial charge in [-0.25, -0.2) is 13.1 Å². The Bertz CT molecular complexity index is 1000. The second kappa shape index (κ2) is 9.95. The summed E-state index contributed by atoms with van der Waals surface area (Å²) in [5.41, 5.74) is 0.823. The molecule has 6 nitrogen and oxygen atoms in total. The highest BCUT2D eigenvalue weighted by atomic mass is 35.5. The average Bonchev–Trinajstić information content (AvgIpc) is 2.67. The second-order valence-electron chi connectivity index (χ2n) is 6.49. The van der Waals surface area contributed by atoms with Crippen LogP contribution in [0.15, 0.2) is 71.9 Å². The van der Waals surface area contributed by atoms with Crippen LogP contribution >= 0.6 is 12.4 Å². The summed E-state index contributed by atoms with van der Waals surface area (Å²) in [6, 6.07) is 15.8. The summed E-state index contributed by atoms with van der Waals surface area (Å²) in [4.78, 5) is 4.25. The highest BCUT2D eigenvalue weighted by Crippen LogP contribution is 2.18. The molecule has 3 aromatic rings. The summed E-state index contributed by atoms with van der Waals surface area (Å²) < 4.78 is 27.9. The normalized spacial score (nSPS) is 13.6. The lowest BCUT2D eigenvalue weighted by Crippen LogP contribution is -2.40. The summed E-state index contributed by atoms with van der Waals surface area (Å²) in [5, 5.41) is 15.0. The number of sulfonamides is 1. The molecule has 1 aromatic heterocycles. The third kappa shape index (κ3) is 5.73. The number of pyridine rings is 1. The van der Waals surface area contributed by atoms with Crippen molar-refractivity contribution < 1.29 is 13.5 Å². The van der Waals surface area contributed by atoms with E-state index in [1.54, 1.807) is 43.6 Å². The van der Waals surface area contributed by atoms with Crippen LogP contribution in [0, 0.1) is 0 Å². The average molecular weight is 422 g/mol. The number of rotatable bonds is 8. The van der Waals surface area contributed by atoms with Crippen molar-refractivity contribution in [3.05, 3.63) is 72.6 Å². The van der Waals surface area contributed by atoms with Crippen LogP contribution in [0.3, 0.4) is 0 Å². The van der Waals surface area contributed by atoms with Gasteiger partial charge in [0.2, 0.25) is 10.0 Å². The van der Waals surface area contributed by atoms with E-state index in [4.69, 9.17) is 0 Å². The zero-order valence-electron chi connectivity index (χ0n) is 15.4. The number of aliphatic hydroxyl groups excluding tert-OH is 1. The summed E-state index contributed by atoms with van der Waals surface area (Å²) >= 11 is 0. The molecule has 0 amide bonds. The Balaban J connectivity index is 0.00000280. The van der Waals surface area contributed by atoms with Gasteiger partial charge >= 0.3 is 0 Å². The summed E-state index contributed by atoms with van der Waals surface area (Å²) in [7, 11) is -3.63. The summed E-state index contributed by atoms with van der Waals surface area (Å²) in [6.07, 6.45) is 2.70. The van der Waals surface area contributed by atoms with E-state index in [1.165, 1.54) is 0 Å². The van der Waals surface area contributed by atoms with Crippen molar-refractivity contribution in [1.29, 1.82) is 0 Å². The smallest absolute Gasteiger partial charge is 0.240 e. The molecular formula is C20H24ClN3O3S. The molecule has 0 aliphatic carbocycles. The maximum atomic E-state index is 12.6. The zero-order valence-corrected chi connectivity index (χ0v) is 17.1. The maximum Gasteiger partial charge on any atom is 0.240 e. The van der Waals surface area contributed by atoms with Crippen LogP contribution in [0.2, 0.25) is 0 Å². The Kier molecular flexibility index (Phi) is 7.91. The standard InChI is InChI=1S/C20H23N3O3S.ClH/c1-15(12-22-14-20(24)16-5-3-2-4-6-16)23-27(25,26)19-8-7-18-13-21-10-9-17(18)11-19;/h2-11,13,15,20,22-24H,12,14H2,1H3;1H. The first-order chi connectivity index (χ1) is 13.0. The molecule has 2 atom stereocenters. The molecule has 1 heterocycles. The number of aromatic nitrogens is 1. The topological polar surface area (TPSA) is 91.3 Å². The Morgan fingerprint density at radius 1 is 1.04 bits per heavy atom. The predicted octanol–water partition coefficient (Wildman–Crippen LogP) is 2.65. The second-order valence-corrected chi connectivity index (χ2v) is 8.21. The summed E-state index contributed by atoms with van der Waals surface area (Å²) in [6.45, 7) is 2.53. The molecule has 2 unspecified atom stereocenters. The monoisotopic (exact) mass is 421 g/mol. The van der Waals surface area contributed by atoms with E-state index in [0.29, 0.717) is 13.1 Å². The molecule has 3 N–H and O–H groups in total. The first-order valence-electron chi connectivity index (χ1n) is 8.75. The van der Waals surface area contributed by atoms with Crippen molar-refractivity contribution in [3.63, 3.8) is 0 Å². The molecular weight excluding hydrogens is 398 g/mol. The Morgan fingerprint density at radius 2 is 1.79 bits per heavy atom. The minimum absolute atomic E-state index is 0. The molecule has 0 radical (unpaired) electrons. The van der Waals surface area contributed by atoms with Gasteiger partial charge in [-0.2, -0.15) is 0 Å². The third-order valence-electron chi connectivity index (χ3n) is 4.25. The highest BCUT2D eigenvalue weighted by Gasteiger charge is 2.18. The molecule has 0 saturated carbocycles. The van der Waals surface area contributed by atoms with Crippen molar-refractivity contribution >= 4 is 33.2 Å². The molecule has 2 aromatic carbocycles. The lowest BCUT2D eigenvalue weighted by atomic mass is 10.1. The molecule has 0 spiro atoms. The van der Waals surface area contributed by atoms with Gasteiger partial charge in [-0.15, -0.1) is 12.4 Å². The molecule has 0 bridgehead atoms. The SMILES string of the molecule is CC(CNCC(O)c1ccccc1)NS(=O)(=O)c1ccc2cnccc2c1.Cl. The Labute approximate surface area is 171 Å². The van der Waals surface area contributed by atoms with Crippen LogP contribution in [-0.4, -0.2) is 37.6 Å². The van der Waals surface area contributed by atoms with Crippen LogP contribution in [-0.2, 0) is 10.0 Å². The number of hydrogen-bond donors (Lipinski definition) is 3.